The molecule has 0 bridgehead atoms. The van der Waals surface area contributed by atoms with Crippen LogP contribution in [0.5, 0.6) is 0 Å². The number of nitrogens with zero attached hydrogens (tertiary/aromatic N) is 1. The fourth-order valence-electron chi connectivity index (χ4n) is 2.33. The minimum atomic E-state index is -1.65. The van der Waals surface area contributed by atoms with Crippen molar-refractivity contribution in [1.29, 1.82) is 0 Å². The van der Waals surface area contributed by atoms with Gasteiger partial charge < -0.3 is 9.33 Å². The van der Waals surface area contributed by atoms with E-state index < -0.39 is 8.32 Å². The summed E-state index contributed by atoms with van der Waals surface area (Å²) in [5.41, 5.74) is 1.29. The third kappa shape index (κ3) is 3.65. The van der Waals surface area contributed by atoms with E-state index in [9.17, 15) is 0 Å². The lowest BCUT2D eigenvalue weighted by Gasteiger charge is -2.38. The van der Waals surface area contributed by atoms with Gasteiger partial charge in [-0.3, -0.25) is 0 Å². The van der Waals surface area contributed by atoms with Crippen LogP contribution in [0.1, 0.15) is 27.2 Å². The van der Waals surface area contributed by atoms with Gasteiger partial charge in [0.25, 0.3) is 0 Å². The van der Waals surface area contributed by atoms with Gasteiger partial charge in [0.05, 0.1) is 6.10 Å². The Morgan fingerprint density at radius 2 is 2.00 bits per heavy atom. The fraction of sp³-hybridized carbons (Fsp3) is 0.625. The Morgan fingerprint density at radius 3 is 2.60 bits per heavy atom. The van der Waals surface area contributed by atoms with Crippen molar-refractivity contribution in [3.8, 4) is 0 Å². The van der Waals surface area contributed by atoms with Crippen LogP contribution in [0, 0.1) is 0 Å². The first-order valence-electron chi connectivity index (χ1n) is 7.37. The lowest BCUT2D eigenvalue weighted by Crippen LogP contribution is -2.44. The second kappa shape index (κ2) is 5.82. The third-order valence-electron chi connectivity index (χ3n) is 4.59. The van der Waals surface area contributed by atoms with Gasteiger partial charge in [0.15, 0.2) is 8.32 Å². The SMILES string of the molecule is CC(C)(C)[Si](C)(C)OC1CCN(c2cccc(Br)c2)C1. The molecule has 0 amide bonds. The first-order chi connectivity index (χ1) is 9.19. The van der Waals surface area contributed by atoms with Crippen molar-refractivity contribution in [2.45, 2.75) is 51.4 Å². The minimum absolute atomic E-state index is 0.288. The number of rotatable bonds is 3. The monoisotopic (exact) mass is 355 g/mol. The van der Waals surface area contributed by atoms with E-state index in [1.165, 1.54) is 5.69 Å². The summed E-state index contributed by atoms with van der Waals surface area (Å²) in [6.45, 7) is 13.7. The molecule has 0 aromatic heterocycles. The summed E-state index contributed by atoms with van der Waals surface area (Å²) in [5, 5.41) is 0.288. The molecule has 0 saturated carbocycles. The van der Waals surface area contributed by atoms with Gasteiger partial charge in [-0.1, -0.05) is 42.8 Å². The smallest absolute Gasteiger partial charge is 0.192 e. The van der Waals surface area contributed by atoms with Crippen molar-refractivity contribution in [2.24, 2.45) is 0 Å². The van der Waals surface area contributed by atoms with Crippen LogP contribution in [0.25, 0.3) is 0 Å². The van der Waals surface area contributed by atoms with Gasteiger partial charge in [0, 0.05) is 23.2 Å². The molecule has 1 atom stereocenters. The zero-order chi connectivity index (χ0) is 15.0. The number of hydrogen-bond donors (Lipinski definition) is 0. The van der Waals surface area contributed by atoms with Crippen molar-refractivity contribution in [1.82, 2.24) is 0 Å². The highest BCUT2D eigenvalue weighted by molar-refractivity contribution is 9.10. The van der Waals surface area contributed by atoms with Crippen LogP contribution in [-0.4, -0.2) is 27.5 Å². The molecule has 1 aromatic carbocycles. The summed E-state index contributed by atoms with van der Waals surface area (Å²) in [6, 6.07) is 8.54. The molecule has 0 aliphatic carbocycles. The van der Waals surface area contributed by atoms with Crippen LogP contribution in [0.3, 0.4) is 0 Å². The van der Waals surface area contributed by atoms with Gasteiger partial charge in [-0.25, -0.2) is 0 Å². The standard InChI is InChI=1S/C16H26BrNOSi/c1-16(2,3)20(4,5)19-15-9-10-18(12-15)14-8-6-7-13(17)11-14/h6-8,11,15H,9-10,12H2,1-5H3. The Morgan fingerprint density at radius 1 is 1.30 bits per heavy atom. The molecule has 1 aromatic rings. The van der Waals surface area contributed by atoms with Crippen molar-refractivity contribution in [2.75, 3.05) is 18.0 Å². The quantitative estimate of drug-likeness (QED) is 0.703. The second-order valence-corrected chi connectivity index (χ2v) is 12.9. The van der Waals surface area contributed by atoms with E-state index in [1.807, 2.05) is 0 Å². The molecule has 0 N–H and O–H groups in total. The Labute approximate surface area is 132 Å². The maximum absolute atomic E-state index is 6.53. The van der Waals surface area contributed by atoms with Crippen molar-refractivity contribution < 1.29 is 4.43 Å². The number of halogens is 1. The van der Waals surface area contributed by atoms with E-state index in [1.54, 1.807) is 0 Å². The van der Waals surface area contributed by atoms with Crippen LogP contribution in [-0.2, 0) is 4.43 Å². The van der Waals surface area contributed by atoms with E-state index >= 15 is 0 Å². The third-order valence-corrected chi connectivity index (χ3v) is 9.61. The average Bonchev–Trinajstić information content (AvgIpc) is 2.75. The van der Waals surface area contributed by atoms with Crippen molar-refractivity contribution >= 4 is 29.9 Å². The van der Waals surface area contributed by atoms with Gasteiger partial charge in [-0.15, -0.1) is 0 Å². The summed E-state index contributed by atoms with van der Waals surface area (Å²) >= 11 is 3.55. The maximum atomic E-state index is 6.53. The van der Waals surface area contributed by atoms with E-state index in [-0.39, 0.29) is 5.04 Å². The zero-order valence-electron chi connectivity index (χ0n) is 13.2. The van der Waals surface area contributed by atoms with E-state index in [2.05, 4.69) is 79.0 Å². The molecule has 0 radical (unpaired) electrons. The molecule has 1 fully saturated rings. The van der Waals surface area contributed by atoms with Crippen LogP contribution >= 0.6 is 15.9 Å². The van der Waals surface area contributed by atoms with Crippen LogP contribution in [0.4, 0.5) is 5.69 Å². The first kappa shape index (κ1) is 16.1. The van der Waals surface area contributed by atoms with Crippen molar-refractivity contribution in [3.63, 3.8) is 0 Å². The molecule has 2 rings (SSSR count). The molecule has 2 nitrogen and oxygen atoms in total. The minimum Gasteiger partial charge on any atom is -0.412 e. The highest BCUT2D eigenvalue weighted by Crippen LogP contribution is 2.38. The van der Waals surface area contributed by atoms with Gasteiger partial charge >= 0.3 is 0 Å². The summed E-state index contributed by atoms with van der Waals surface area (Å²) in [7, 11) is -1.65. The molecule has 1 aliphatic rings. The Bertz CT molecular complexity index is 470. The van der Waals surface area contributed by atoms with Crippen LogP contribution < -0.4 is 4.90 Å². The fourth-order valence-corrected chi connectivity index (χ4v) is 4.09. The molecular formula is C16H26BrNOSi. The summed E-state index contributed by atoms with van der Waals surface area (Å²) in [4.78, 5) is 2.43. The zero-order valence-corrected chi connectivity index (χ0v) is 15.8. The molecule has 1 heterocycles. The highest BCUT2D eigenvalue weighted by atomic mass is 79.9. The predicted octanol–water partition coefficient (Wildman–Crippen LogP) is 5.05. The summed E-state index contributed by atoms with van der Waals surface area (Å²) < 4.78 is 7.67. The molecule has 1 saturated heterocycles. The lowest BCUT2D eigenvalue weighted by atomic mass is 10.2. The first-order valence-corrected chi connectivity index (χ1v) is 11.1. The normalized spacial score (nSPS) is 20.5. The largest absolute Gasteiger partial charge is 0.412 e. The van der Waals surface area contributed by atoms with E-state index in [0.717, 1.165) is 24.0 Å². The second-order valence-electron chi connectivity index (χ2n) is 7.21. The van der Waals surface area contributed by atoms with Crippen molar-refractivity contribution in [3.05, 3.63) is 28.7 Å². The Balaban J connectivity index is 2.00. The van der Waals surface area contributed by atoms with E-state index in [4.69, 9.17) is 4.43 Å². The average molecular weight is 356 g/mol. The van der Waals surface area contributed by atoms with Gasteiger partial charge in [-0.05, 0) is 42.8 Å². The van der Waals surface area contributed by atoms with Crippen LogP contribution in [0.2, 0.25) is 18.1 Å². The maximum Gasteiger partial charge on any atom is 0.192 e. The summed E-state index contributed by atoms with van der Waals surface area (Å²) in [6.07, 6.45) is 1.52. The molecule has 0 spiro atoms. The molecule has 4 heteroatoms. The number of anilines is 1. The Hall–Kier alpha value is -0.323. The van der Waals surface area contributed by atoms with Gasteiger partial charge in [0.1, 0.15) is 0 Å². The van der Waals surface area contributed by atoms with Gasteiger partial charge in [-0.2, -0.15) is 0 Å². The summed E-state index contributed by atoms with van der Waals surface area (Å²) in [5.74, 6) is 0. The topological polar surface area (TPSA) is 12.5 Å². The molecule has 1 aliphatic heterocycles. The predicted molar refractivity (Wildman–Crippen MR) is 93.0 cm³/mol. The Kier molecular flexibility index (Phi) is 4.67. The lowest BCUT2D eigenvalue weighted by molar-refractivity contribution is 0.202. The number of benzene rings is 1. The molecule has 1 unspecified atom stereocenters. The van der Waals surface area contributed by atoms with Gasteiger partial charge in [0.2, 0.25) is 0 Å². The molecule has 20 heavy (non-hydrogen) atoms. The van der Waals surface area contributed by atoms with E-state index in [0.29, 0.717) is 6.10 Å². The molecule has 112 valence electrons. The number of hydrogen-bond acceptors (Lipinski definition) is 2. The molecular weight excluding hydrogens is 330 g/mol. The highest BCUT2D eigenvalue weighted by Gasteiger charge is 2.40. The van der Waals surface area contributed by atoms with Crippen LogP contribution in [0.15, 0.2) is 28.7 Å².